The first-order chi connectivity index (χ1) is 15.8. The van der Waals surface area contributed by atoms with Crippen molar-refractivity contribution in [1.29, 1.82) is 0 Å². The summed E-state index contributed by atoms with van der Waals surface area (Å²) < 4.78 is 0. The lowest BCUT2D eigenvalue weighted by Gasteiger charge is -2.21. The fraction of sp³-hybridized carbons (Fsp3) is 0.346. The van der Waals surface area contributed by atoms with Gasteiger partial charge in [-0.1, -0.05) is 37.1 Å². The van der Waals surface area contributed by atoms with Crippen LogP contribution >= 0.6 is 0 Å². The topological polar surface area (TPSA) is 61.4 Å². The molecule has 6 heteroatoms. The highest BCUT2D eigenvalue weighted by atomic mass is 16.2. The van der Waals surface area contributed by atoms with Crippen LogP contribution in [0.4, 0.5) is 17.3 Å². The first kappa shape index (κ1) is 20.5. The lowest BCUT2D eigenvalue weighted by molar-refractivity contribution is 0.0990. The highest BCUT2D eigenvalue weighted by Gasteiger charge is 2.27. The van der Waals surface area contributed by atoms with E-state index in [1.54, 1.807) is 6.20 Å². The van der Waals surface area contributed by atoms with Crippen molar-refractivity contribution in [3.8, 4) is 0 Å². The van der Waals surface area contributed by atoms with Crippen LogP contribution in [0.3, 0.4) is 0 Å². The van der Waals surface area contributed by atoms with E-state index in [9.17, 15) is 4.79 Å². The quantitative estimate of drug-likeness (QED) is 0.641. The van der Waals surface area contributed by atoms with Gasteiger partial charge in [0.05, 0.1) is 5.56 Å². The number of aromatic nitrogens is 2. The average molecular weight is 428 g/mol. The first-order valence-corrected chi connectivity index (χ1v) is 11.6. The highest BCUT2D eigenvalue weighted by molar-refractivity contribution is 6.10. The van der Waals surface area contributed by atoms with Gasteiger partial charge in [-0.2, -0.15) is 0 Å². The van der Waals surface area contributed by atoms with E-state index in [2.05, 4.69) is 33.4 Å². The van der Waals surface area contributed by atoms with E-state index in [-0.39, 0.29) is 5.91 Å². The zero-order valence-corrected chi connectivity index (χ0v) is 18.3. The molecule has 0 unspecified atom stereocenters. The molecule has 1 N–H and O–H groups in total. The van der Waals surface area contributed by atoms with Crippen LogP contribution in [0.5, 0.6) is 0 Å². The maximum atomic E-state index is 13.3. The molecule has 1 aromatic carbocycles. The summed E-state index contributed by atoms with van der Waals surface area (Å²) in [5.41, 5.74) is 3.88. The number of rotatable bonds is 5. The molecule has 1 fully saturated rings. The second kappa shape index (κ2) is 9.39. The molecule has 0 radical (unpaired) electrons. The largest absolute Gasteiger partial charge is 0.365 e. The summed E-state index contributed by atoms with van der Waals surface area (Å²) in [6.07, 6.45) is 9.64. The Morgan fingerprint density at radius 3 is 2.56 bits per heavy atom. The van der Waals surface area contributed by atoms with Crippen molar-refractivity contribution in [1.82, 2.24) is 9.97 Å². The third-order valence-corrected chi connectivity index (χ3v) is 6.37. The Labute approximate surface area is 189 Å². The van der Waals surface area contributed by atoms with Gasteiger partial charge in [0.2, 0.25) is 0 Å². The van der Waals surface area contributed by atoms with E-state index < -0.39 is 0 Å². The number of carbonyl (C=O) groups is 1. The molecule has 3 aromatic rings. The van der Waals surface area contributed by atoms with Crippen LogP contribution in [0.25, 0.3) is 0 Å². The van der Waals surface area contributed by atoms with Gasteiger partial charge in [0, 0.05) is 44.3 Å². The summed E-state index contributed by atoms with van der Waals surface area (Å²) in [5.74, 6) is 1.65. The summed E-state index contributed by atoms with van der Waals surface area (Å²) in [4.78, 5) is 26.7. The Kier molecular flexibility index (Phi) is 6.01. The molecule has 32 heavy (non-hydrogen) atoms. The van der Waals surface area contributed by atoms with Gasteiger partial charge in [0.1, 0.15) is 11.6 Å². The molecule has 2 aliphatic rings. The maximum absolute atomic E-state index is 13.3. The zero-order chi connectivity index (χ0) is 21.8. The standard InChI is InChI=1S/C26H29N5O/c32-26(31-17-13-21-8-3-4-10-23(21)31)22-9-7-14-27-25(22)29-19-20-11-12-24(28-18-20)30-15-5-1-2-6-16-30/h3-4,7-12,14,18H,1-2,5-6,13,15-17,19H2,(H,27,29). The van der Waals surface area contributed by atoms with Gasteiger partial charge in [-0.3, -0.25) is 4.79 Å². The Balaban J connectivity index is 1.27. The van der Waals surface area contributed by atoms with Gasteiger partial charge < -0.3 is 15.1 Å². The van der Waals surface area contributed by atoms with Crippen LogP contribution in [0.1, 0.15) is 47.2 Å². The predicted octanol–water partition coefficient (Wildman–Crippen LogP) is 4.67. The molecule has 0 atom stereocenters. The lowest BCUT2D eigenvalue weighted by atomic mass is 10.1. The van der Waals surface area contributed by atoms with E-state index in [0.29, 0.717) is 24.5 Å². The van der Waals surface area contributed by atoms with Crippen molar-refractivity contribution in [3.63, 3.8) is 0 Å². The number of anilines is 3. The highest BCUT2D eigenvalue weighted by Crippen LogP contribution is 2.30. The van der Waals surface area contributed by atoms with Gasteiger partial charge in [0.25, 0.3) is 5.91 Å². The van der Waals surface area contributed by atoms with Crippen LogP contribution in [0.15, 0.2) is 60.9 Å². The number of amides is 1. The average Bonchev–Trinajstić information content (AvgIpc) is 3.09. The van der Waals surface area contributed by atoms with Crippen LogP contribution in [-0.4, -0.2) is 35.5 Å². The number of benzene rings is 1. The molecule has 1 amide bonds. The van der Waals surface area contributed by atoms with Gasteiger partial charge in [0.15, 0.2) is 0 Å². The van der Waals surface area contributed by atoms with Crippen molar-refractivity contribution < 1.29 is 4.79 Å². The van der Waals surface area contributed by atoms with E-state index >= 15 is 0 Å². The molecule has 1 saturated heterocycles. The molecule has 0 spiro atoms. The number of hydrogen-bond acceptors (Lipinski definition) is 5. The molecule has 2 aliphatic heterocycles. The fourth-order valence-electron chi connectivity index (χ4n) is 4.61. The summed E-state index contributed by atoms with van der Waals surface area (Å²) in [6.45, 7) is 3.45. The number of nitrogens with zero attached hydrogens (tertiary/aromatic N) is 4. The molecule has 5 rings (SSSR count). The van der Waals surface area contributed by atoms with Crippen LogP contribution in [0, 0.1) is 0 Å². The van der Waals surface area contributed by atoms with Crippen molar-refractivity contribution in [2.24, 2.45) is 0 Å². The normalized spacial score (nSPS) is 15.9. The van der Waals surface area contributed by atoms with Crippen molar-refractivity contribution >= 4 is 23.2 Å². The number of fused-ring (bicyclic) bond motifs is 1. The second-order valence-corrected chi connectivity index (χ2v) is 8.51. The minimum Gasteiger partial charge on any atom is -0.365 e. The molecule has 2 aromatic heterocycles. The van der Waals surface area contributed by atoms with E-state index in [4.69, 9.17) is 4.98 Å². The zero-order valence-electron chi connectivity index (χ0n) is 18.3. The smallest absolute Gasteiger partial charge is 0.262 e. The van der Waals surface area contributed by atoms with Gasteiger partial charge >= 0.3 is 0 Å². The predicted molar refractivity (Wildman–Crippen MR) is 128 cm³/mol. The molecule has 164 valence electrons. The molecule has 0 bridgehead atoms. The number of nitrogens with one attached hydrogen (secondary N) is 1. The SMILES string of the molecule is O=C(c1cccnc1NCc1ccc(N2CCCCCC2)nc1)N1CCc2ccccc21. The van der Waals surface area contributed by atoms with Crippen LogP contribution in [0.2, 0.25) is 0 Å². The minimum atomic E-state index is -0.0137. The summed E-state index contributed by atoms with van der Waals surface area (Å²) in [5, 5.41) is 3.35. The van der Waals surface area contributed by atoms with E-state index in [1.165, 1.54) is 31.2 Å². The third-order valence-electron chi connectivity index (χ3n) is 6.37. The van der Waals surface area contributed by atoms with E-state index in [0.717, 1.165) is 36.6 Å². The monoisotopic (exact) mass is 427 g/mol. The molecule has 6 nitrogen and oxygen atoms in total. The Morgan fingerprint density at radius 1 is 0.906 bits per heavy atom. The second-order valence-electron chi connectivity index (χ2n) is 8.51. The fourth-order valence-corrected chi connectivity index (χ4v) is 4.61. The first-order valence-electron chi connectivity index (χ1n) is 11.6. The summed E-state index contributed by atoms with van der Waals surface area (Å²) in [7, 11) is 0. The number of hydrogen-bond donors (Lipinski definition) is 1. The summed E-state index contributed by atoms with van der Waals surface area (Å²) in [6, 6.07) is 16.0. The van der Waals surface area contributed by atoms with Crippen LogP contribution < -0.4 is 15.1 Å². The molecular weight excluding hydrogens is 398 g/mol. The van der Waals surface area contributed by atoms with Crippen LogP contribution in [-0.2, 0) is 13.0 Å². The third kappa shape index (κ3) is 4.31. The van der Waals surface area contributed by atoms with Crippen molar-refractivity contribution in [2.45, 2.75) is 38.6 Å². The number of pyridine rings is 2. The summed E-state index contributed by atoms with van der Waals surface area (Å²) >= 11 is 0. The Morgan fingerprint density at radius 2 is 1.75 bits per heavy atom. The molecule has 4 heterocycles. The minimum absolute atomic E-state index is 0.0137. The number of carbonyl (C=O) groups excluding carboxylic acids is 1. The Bertz CT molecular complexity index is 1070. The van der Waals surface area contributed by atoms with E-state index in [1.807, 2.05) is 41.4 Å². The van der Waals surface area contributed by atoms with Crippen molar-refractivity contribution in [2.75, 3.05) is 34.8 Å². The van der Waals surface area contributed by atoms with Crippen molar-refractivity contribution in [3.05, 3.63) is 77.6 Å². The molecule has 0 saturated carbocycles. The van der Waals surface area contributed by atoms with Gasteiger partial charge in [-0.15, -0.1) is 0 Å². The lowest BCUT2D eigenvalue weighted by Crippen LogP contribution is -2.29. The number of para-hydroxylation sites is 1. The Hall–Kier alpha value is -3.41. The van der Waals surface area contributed by atoms with Gasteiger partial charge in [-0.05, 0) is 54.7 Å². The van der Waals surface area contributed by atoms with Gasteiger partial charge in [-0.25, -0.2) is 9.97 Å². The molecule has 0 aliphatic carbocycles. The molecular formula is C26H29N5O. The maximum Gasteiger partial charge on any atom is 0.262 e.